The standard InChI is InChI=1S/C20H21N5O/c26-19-11-18(23-20(24-19)15-5-3-8-21-12-15)16-6-4-10-25(13-16)14-17-7-1-2-9-22-17/h1-3,5,7-9,11-12,16H,4,6,10,13-14H2,(H,23,24,26). The van der Waals surface area contributed by atoms with Crippen LogP contribution in [0.5, 0.6) is 0 Å². The summed E-state index contributed by atoms with van der Waals surface area (Å²) in [7, 11) is 0. The molecule has 1 unspecified atom stereocenters. The van der Waals surface area contributed by atoms with Gasteiger partial charge in [0.25, 0.3) is 5.56 Å². The van der Waals surface area contributed by atoms with Crippen LogP contribution < -0.4 is 5.56 Å². The van der Waals surface area contributed by atoms with E-state index in [2.05, 4.69) is 25.9 Å². The molecule has 0 aliphatic carbocycles. The Morgan fingerprint density at radius 3 is 2.96 bits per heavy atom. The van der Waals surface area contributed by atoms with E-state index in [1.807, 2.05) is 30.5 Å². The van der Waals surface area contributed by atoms with Crippen molar-refractivity contribution in [1.29, 1.82) is 0 Å². The first-order valence-electron chi connectivity index (χ1n) is 8.92. The zero-order valence-electron chi connectivity index (χ0n) is 14.5. The topological polar surface area (TPSA) is 74.8 Å². The van der Waals surface area contributed by atoms with E-state index in [4.69, 9.17) is 4.98 Å². The van der Waals surface area contributed by atoms with Crippen molar-refractivity contribution in [3.63, 3.8) is 0 Å². The van der Waals surface area contributed by atoms with Gasteiger partial charge in [0.1, 0.15) is 5.82 Å². The molecule has 0 aromatic carbocycles. The second-order valence-corrected chi connectivity index (χ2v) is 6.66. The molecule has 3 aromatic heterocycles. The zero-order chi connectivity index (χ0) is 17.8. The fourth-order valence-corrected chi connectivity index (χ4v) is 3.49. The number of hydrogen-bond donors (Lipinski definition) is 1. The molecule has 6 heteroatoms. The van der Waals surface area contributed by atoms with E-state index in [9.17, 15) is 4.79 Å². The lowest BCUT2D eigenvalue weighted by Gasteiger charge is -2.32. The van der Waals surface area contributed by atoms with E-state index in [0.717, 1.165) is 49.4 Å². The number of aromatic amines is 1. The van der Waals surface area contributed by atoms with Gasteiger partial charge in [0, 0.05) is 49.2 Å². The van der Waals surface area contributed by atoms with Crippen LogP contribution in [0.25, 0.3) is 11.4 Å². The lowest BCUT2D eigenvalue weighted by atomic mass is 9.94. The van der Waals surface area contributed by atoms with E-state index < -0.39 is 0 Å². The fraction of sp³-hybridized carbons (Fsp3) is 0.300. The lowest BCUT2D eigenvalue weighted by molar-refractivity contribution is 0.196. The van der Waals surface area contributed by atoms with Crippen molar-refractivity contribution >= 4 is 0 Å². The van der Waals surface area contributed by atoms with Gasteiger partial charge in [-0.15, -0.1) is 0 Å². The van der Waals surface area contributed by atoms with E-state index in [0.29, 0.717) is 5.82 Å². The van der Waals surface area contributed by atoms with Gasteiger partial charge in [-0.2, -0.15) is 0 Å². The number of hydrogen-bond acceptors (Lipinski definition) is 5. The predicted octanol–water partition coefficient (Wildman–Crippen LogP) is 2.61. The van der Waals surface area contributed by atoms with Gasteiger partial charge >= 0.3 is 0 Å². The quantitative estimate of drug-likeness (QED) is 0.785. The third-order valence-electron chi connectivity index (χ3n) is 4.73. The van der Waals surface area contributed by atoms with Crippen LogP contribution in [0.15, 0.2) is 59.8 Å². The van der Waals surface area contributed by atoms with Crippen LogP contribution in [-0.4, -0.2) is 37.9 Å². The van der Waals surface area contributed by atoms with E-state index in [1.54, 1.807) is 18.5 Å². The molecule has 1 fully saturated rings. The summed E-state index contributed by atoms with van der Waals surface area (Å²) in [5.74, 6) is 0.840. The molecule has 1 aliphatic rings. The molecule has 0 bridgehead atoms. The first-order chi connectivity index (χ1) is 12.8. The fourth-order valence-electron chi connectivity index (χ4n) is 3.49. The van der Waals surface area contributed by atoms with Gasteiger partial charge in [-0.05, 0) is 43.7 Å². The normalized spacial score (nSPS) is 17.9. The third-order valence-corrected chi connectivity index (χ3v) is 4.73. The Balaban J connectivity index is 1.55. The molecular weight excluding hydrogens is 326 g/mol. The summed E-state index contributed by atoms with van der Waals surface area (Å²) in [6, 6.07) is 11.4. The van der Waals surface area contributed by atoms with Gasteiger partial charge in [0.15, 0.2) is 0 Å². The molecule has 6 nitrogen and oxygen atoms in total. The maximum atomic E-state index is 12.2. The average molecular weight is 347 g/mol. The Labute approximate surface area is 152 Å². The molecule has 1 atom stereocenters. The molecule has 1 N–H and O–H groups in total. The van der Waals surface area contributed by atoms with Crippen LogP contribution in [0.3, 0.4) is 0 Å². The highest BCUT2D eigenvalue weighted by molar-refractivity contribution is 5.52. The number of pyridine rings is 2. The van der Waals surface area contributed by atoms with Crippen molar-refractivity contribution in [1.82, 2.24) is 24.8 Å². The molecular formula is C20H21N5O. The monoisotopic (exact) mass is 347 g/mol. The summed E-state index contributed by atoms with van der Waals surface area (Å²) < 4.78 is 0. The maximum Gasteiger partial charge on any atom is 0.251 e. The van der Waals surface area contributed by atoms with Crippen molar-refractivity contribution in [2.24, 2.45) is 0 Å². The zero-order valence-corrected chi connectivity index (χ0v) is 14.5. The Kier molecular flexibility index (Phi) is 4.84. The Bertz CT molecular complexity index is 910. The minimum absolute atomic E-state index is 0.115. The van der Waals surface area contributed by atoms with Crippen molar-refractivity contribution in [2.45, 2.75) is 25.3 Å². The van der Waals surface area contributed by atoms with Crippen LogP contribution in [0.2, 0.25) is 0 Å². The van der Waals surface area contributed by atoms with Gasteiger partial charge in [-0.1, -0.05) is 6.07 Å². The number of likely N-dealkylation sites (tertiary alicyclic amines) is 1. The highest BCUT2D eigenvalue weighted by Crippen LogP contribution is 2.26. The molecule has 0 spiro atoms. The Hall–Kier alpha value is -2.86. The van der Waals surface area contributed by atoms with Crippen molar-refractivity contribution < 1.29 is 0 Å². The second kappa shape index (κ2) is 7.58. The van der Waals surface area contributed by atoms with E-state index >= 15 is 0 Å². The van der Waals surface area contributed by atoms with Crippen LogP contribution in [0.4, 0.5) is 0 Å². The van der Waals surface area contributed by atoms with E-state index in [-0.39, 0.29) is 11.5 Å². The Morgan fingerprint density at radius 1 is 1.19 bits per heavy atom. The first kappa shape index (κ1) is 16.6. The smallest absolute Gasteiger partial charge is 0.251 e. The van der Waals surface area contributed by atoms with Gasteiger partial charge < -0.3 is 4.98 Å². The Morgan fingerprint density at radius 2 is 2.15 bits per heavy atom. The molecule has 132 valence electrons. The average Bonchev–Trinajstić information content (AvgIpc) is 2.69. The largest absolute Gasteiger partial charge is 0.306 e. The number of H-pyrrole nitrogens is 1. The predicted molar refractivity (Wildman–Crippen MR) is 99.6 cm³/mol. The van der Waals surface area contributed by atoms with Crippen molar-refractivity contribution in [2.75, 3.05) is 13.1 Å². The molecule has 26 heavy (non-hydrogen) atoms. The van der Waals surface area contributed by atoms with Crippen LogP contribution in [0, 0.1) is 0 Å². The van der Waals surface area contributed by atoms with Crippen LogP contribution in [0.1, 0.15) is 30.1 Å². The summed E-state index contributed by atoms with van der Waals surface area (Å²) in [5, 5.41) is 0. The SMILES string of the molecule is O=c1cc(C2CCCN(Cc3ccccn3)C2)nc(-c2cccnc2)[nH]1. The maximum absolute atomic E-state index is 12.2. The molecule has 0 amide bonds. The van der Waals surface area contributed by atoms with Crippen LogP contribution in [-0.2, 0) is 6.54 Å². The van der Waals surface area contributed by atoms with E-state index in [1.165, 1.54) is 0 Å². The number of rotatable bonds is 4. The molecule has 1 aliphatic heterocycles. The van der Waals surface area contributed by atoms with Crippen molar-refractivity contribution in [3.8, 4) is 11.4 Å². The minimum Gasteiger partial charge on any atom is -0.306 e. The highest BCUT2D eigenvalue weighted by atomic mass is 16.1. The molecule has 0 saturated carbocycles. The summed E-state index contributed by atoms with van der Waals surface area (Å²) in [6.07, 6.45) is 7.39. The number of nitrogens with one attached hydrogen (secondary N) is 1. The van der Waals surface area contributed by atoms with Gasteiger partial charge in [-0.3, -0.25) is 19.7 Å². The summed E-state index contributed by atoms with van der Waals surface area (Å²) in [4.78, 5) is 30.6. The molecule has 4 heterocycles. The first-order valence-corrected chi connectivity index (χ1v) is 8.92. The lowest BCUT2D eigenvalue weighted by Crippen LogP contribution is -2.34. The molecule has 1 saturated heterocycles. The van der Waals surface area contributed by atoms with Gasteiger partial charge in [0.2, 0.25) is 0 Å². The van der Waals surface area contributed by atoms with Gasteiger partial charge in [-0.25, -0.2) is 4.98 Å². The van der Waals surface area contributed by atoms with Crippen LogP contribution >= 0.6 is 0 Å². The van der Waals surface area contributed by atoms with Crippen molar-refractivity contribution in [3.05, 3.63) is 76.7 Å². The highest BCUT2D eigenvalue weighted by Gasteiger charge is 2.23. The summed E-state index contributed by atoms with van der Waals surface area (Å²) in [6.45, 7) is 2.77. The minimum atomic E-state index is -0.115. The molecule has 4 rings (SSSR count). The third kappa shape index (κ3) is 3.86. The number of piperidine rings is 1. The molecule has 0 radical (unpaired) electrons. The number of aromatic nitrogens is 4. The number of nitrogens with zero attached hydrogens (tertiary/aromatic N) is 4. The molecule has 3 aromatic rings. The summed E-state index contributed by atoms with van der Waals surface area (Å²) in [5.41, 5.74) is 2.64. The summed E-state index contributed by atoms with van der Waals surface area (Å²) >= 11 is 0. The van der Waals surface area contributed by atoms with Gasteiger partial charge in [0.05, 0.1) is 11.4 Å². The second-order valence-electron chi connectivity index (χ2n) is 6.66.